The van der Waals surface area contributed by atoms with E-state index in [1.165, 1.54) is 12.1 Å². The zero-order valence-corrected chi connectivity index (χ0v) is 11.6. The summed E-state index contributed by atoms with van der Waals surface area (Å²) in [6, 6.07) is 9.92. The lowest BCUT2D eigenvalue weighted by atomic mass is 10.1. The number of hydrogen-bond donors (Lipinski definition) is 0. The third kappa shape index (κ3) is 2.50. The van der Waals surface area contributed by atoms with Crippen LogP contribution in [0.4, 0.5) is 4.39 Å². The van der Waals surface area contributed by atoms with Crippen molar-refractivity contribution in [2.75, 3.05) is 0 Å². The van der Waals surface area contributed by atoms with Crippen LogP contribution in [0.3, 0.4) is 0 Å². The molecule has 0 aromatic heterocycles. The summed E-state index contributed by atoms with van der Waals surface area (Å²) < 4.78 is 14.1. The van der Waals surface area contributed by atoms with Crippen LogP contribution in [0.2, 0.25) is 10.0 Å². The summed E-state index contributed by atoms with van der Waals surface area (Å²) >= 11 is 13.9. The molecule has 0 aliphatic carbocycles. The van der Waals surface area contributed by atoms with Crippen LogP contribution in [-0.2, 0) is 0 Å². The van der Waals surface area contributed by atoms with Crippen LogP contribution in [-0.4, -0.2) is 0 Å². The Bertz CT molecular complexity index is 541. The second kappa shape index (κ2) is 4.90. The Morgan fingerprint density at radius 1 is 0.938 bits per heavy atom. The summed E-state index contributed by atoms with van der Waals surface area (Å²) in [6.45, 7) is 0. The molecule has 16 heavy (non-hydrogen) atoms. The van der Waals surface area contributed by atoms with Crippen molar-refractivity contribution in [2.45, 2.75) is 0 Å². The van der Waals surface area contributed by atoms with Gasteiger partial charge in [0.2, 0.25) is 0 Å². The third-order valence-electron chi connectivity index (χ3n) is 2.16. The van der Waals surface area contributed by atoms with Crippen molar-refractivity contribution in [3.8, 4) is 11.1 Å². The second-order valence-corrected chi connectivity index (χ2v) is 5.23. The van der Waals surface area contributed by atoms with Gasteiger partial charge in [0.15, 0.2) is 0 Å². The first-order valence-corrected chi connectivity index (χ1v) is 6.32. The predicted octanol–water partition coefficient (Wildman–Crippen LogP) is 5.40. The normalized spacial score (nSPS) is 10.5. The van der Waals surface area contributed by atoms with Crippen molar-refractivity contribution >= 4 is 45.8 Å². The van der Waals surface area contributed by atoms with Crippen molar-refractivity contribution in [2.24, 2.45) is 0 Å². The van der Waals surface area contributed by atoms with Crippen molar-refractivity contribution in [1.29, 1.82) is 0 Å². The Labute approximate surface area is 117 Å². The van der Waals surface area contributed by atoms with Crippen molar-refractivity contribution in [3.05, 3.63) is 55.8 Å². The lowest BCUT2D eigenvalue weighted by Gasteiger charge is -2.06. The van der Waals surface area contributed by atoms with E-state index in [1.54, 1.807) is 18.2 Å². The fraction of sp³-hybridized carbons (Fsp3) is 0. The minimum Gasteiger partial charge on any atom is -0.207 e. The van der Waals surface area contributed by atoms with Gasteiger partial charge in [-0.25, -0.2) is 4.39 Å². The zero-order valence-electron chi connectivity index (χ0n) is 7.98. The lowest BCUT2D eigenvalue weighted by molar-refractivity contribution is 0.628. The van der Waals surface area contributed by atoms with Crippen LogP contribution in [0.15, 0.2) is 36.4 Å². The topological polar surface area (TPSA) is 0 Å². The molecule has 2 aromatic carbocycles. The van der Waals surface area contributed by atoms with Gasteiger partial charge < -0.3 is 0 Å². The van der Waals surface area contributed by atoms with Gasteiger partial charge in [0.05, 0.1) is 10.0 Å². The predicted molar refractivity (Wildman–Crippen MR) is 74.6 cm³/mol. The Morgan fingerprint density at radius 3 is 2.38 bits per heavy atom. The number of benzene rings is 2. The first kappa shape index (κ1) is 12.1. The SMILES string of the molecule is Fc1ccc(I)c(-c2ccc(Cl)c(Cl)c2)c1. The highest BCUT2D eigenvalue weighted by molar-refractivity contribution is 14.1. The average Bonchev–Trinajstić information content (AvgIpc) is 2.26. The molecule has 0 amide bonds. The number of halogens is 4. The molecule has 0 radical (unpaired) electrons. The fourth-order valence-electron chi connectivity index (χ4n) is 1.38. The zero-order chi connectivity index (χ0) is 11.7. The summed E-state index contributed by atoms with van der Waals surface area (Å²) in [4.78, 5) is 0. The Morgan fingerprint density at radius 2 is 1.69 bits per heavy atom. The Hall–Kier alpha value is -0.320. The van der Waals surface area contributed by atoms with E-state index in [9.17, 15) is 4.39 Å². The van der Waals surface area contributed by atoms with Gasteiger partial charge in [-0.15, -0.1) is 0 Å². The maximum absolute atomic E-state index is 13.2. The summed E-state index contributed by atoms with van der Waals surface area (Å²) in [5.74, 6) is -0.263. The Kier molecular flexibility index (Phi) is 3.72. The molecule has 0 aliphatic heterocycles. The van der Waals surface area contributed by atoms with Gasteiger partial charge in [-0.1, -0.05) is 29.3 Å². The van der Waals surface area contributed by atoms with E-state index in [2.05, 4.69) is 22.6 Å². The van der Waals surface area contributed by atoms with Gasteiger partial charge in [0.1, 0.15) is 5.82 Å². The largest absolute Gasteiger partial charge is 0.207 e. The molecule has 4 heteroatoms. The molecule has 0 fully saturated rings. The molecule has 0 unspecified atom stereocenters. The molecule has 2 rings (SSSR count). The fourth-order valence-corrected chi connectivity index (χ4v) is 2.33. The molecule has 0 nitrogen and oxygen atoms in total. The van der Waals surface area contributed by atoms with E-state index < -0.39 is 0 Å². The summed E-state index contributed by atoms with van der Waals surface area (Å²) in [7, 11) is 0. The molecule has 0 spiro atoms. The van der Waals surface area contributed by atoms with E-state index in [1.807, 2.05) is 6.07 Å². The summed E-state index contributed by atoms with van der Waals surface area (Å²) in [5, 5.41) is 0.969. The number of rotatable bonds is 1. The van der Waals surface area contributed by atoms with Crippen LogP contribution >= 0.6 is 45.8 Å². The van der Waals surface area contributed by atoms with Crippen molar-refractivity contribution in [1.82, 2.24) is 0 Å². The molecule has 0 saturated carbocycles. The van der Waals surface area contributed by atoms with E-state index in [0.29, 0.717) is 10.0 Å². The lowest BCUT2D eigenvalue weighted by Crippen LogP contribution is -1.85. The highest BCUT2D eigenvalue weighted by Gasteiger charge is 2.06. The highest BCUT2D eigenvalue weighted by atomic mass is 127. The van der Waals surface area contributed by atoms with Crippen LogP contribution in [0.1, 0.15) is 0 Å². The van der Waals surface area contributed by atoms with Crippen LogP contribution in [0.25, 0.3) is 11.1 Å². The standard InChI is InChI=1S/C12H6Cl2FI/c13-10-3-1-7(5-11(10)14)9-6-8(15)2-4-12(9)16/h1-6H. The minimum atomic E-state index is -0.263. The van der Waals surface area contributed by atoms with Gasteiger partial charge in [-0.05, 0) is 64.0 Å². The van der Waals surface area contributed by atoms with E-state index in [4.69, 9.17) is 23.2 Å². The highest BCUT2D eigenvalue weighted by Crippen LogP contribution is 2.31. The molecule has 82 valence electrons. The molecule has 0 aliphatic rings. The average molecular weight is 367 g/mol. The quantitative estimate of drug-likeness (QED) is 0.592. The molecular formula is C12H6Cl2FI. The van der Waals surface area contributed by atoms with Crippen LogP contribution in [0, 0.1) is 9.39 Å². The van der Waals surface area contributed by atoms with Crippen molar-refractivity contribution in [3.63, 3.8) is 0 Å². The van der Waals surface area contributed by atoms with Crippen LogP contribution in [0.5, 0.6) is 0 Å². The maximum Gasteiger partial charge on any atom is 0.123 e. The molecular weight excluding hydrogens is 361 g/mol. The van der Waals surface area contributed by atoms with Crippen molar-refractivity contribution < 1.29 is 4.39 Å². The van der Waals surface area contributed by atoms with E-state index in [0.717, 1.165) is 14.7 Å². The van der Waals surface area contributed by atoms with E-state index in [-0.39, 0.29) is 5.82 Å². The first-order chi connectivity index (χ1) is 7.58. The molecule has 0 heterocycles. The summed E-state index contributed by atoms with van der Waals surface area (Å²) in [6.07, 6.45) is 0. The monoisotopic (exact) mass is 366 g/mol. The molecule has 0 N–H and O–H groups in total. The maximum atomic E-state index is 13.2. The molecule has 0 saturated heterocycles. The van der Waals surface area contributed by atoms with Gasteiger partial charge in [-0.2, -0.15) is 0 Å². The smallest absolute Gasteiger partial charge is 0.123 e. The third-order valence-corrected chi connectivity index (χ3v) is 3.84. The minimum absolute atomic E-state index is 0.263. The molecule has 0 bridgehead atoms. The summed E-state index contributed by atoms with van der Waals surface area (Å²) in [5.41, 5.74) is 1.68. The van der Waals surface area contributed by atoms with Crippen LogP contribution < -0.4 is 0 Å². The Balaban J connectivity index is 2.58. The second-order valence-electron chi connectivity index (χ2n) is 3.25. The van der Waals surface area contributed by atoms with Gasteiger partial charge in [0.25, 0.3) is 0 Å². The molecule has 0 atom stereocenters. The van der Waals surface area contributed by atoms with Gasteiger partial charge in [-0.3, -0.25) is 0 Å². The van der Waals surface area contributed by atoms with E-state index >= 15 is 0 Å². The molecule has 2 aromatic rings. The van der Waals surface area contributed by atoms with Gasteiger partial charge in [0, 0.05) is 3.57 Å². The number of hydrogen-bond acceptors (Lipinski definition) is 0. The first-order valence-electron chi connectivity index (χ1n) is 4.48. The van der Waals surface area contributed by atoms with Gasteiger partial charge >= 0.3 is 0 Å².